The van der Waals surface area contributed by atoms with Crippen molar-refractivity contribution >= 4 is 0 Å². The first-order chi connectivity index (χ1) is 6.60. The maximum atomic E-state index is 9.25. The van der Waals surface area contributed by atoms with E-state index in [4.69, 9.17) is 0 Å². The SMILES string of the molecule is C=CC[N+](CC=C)(CC=C)CC(=C)O.[OH-]. The average molecular weight is 211 g/mol. The van der Waals surface area contributed by atoms with Crippen molar-refractivity contribution in [2.45, 2.75) is 0 Å². The van der Waals surface area contributed by atoms with E-state index in [0.29, 0.717) is 11.0 Å². The van der Waals surface area contributed by atoms with E-state index in [1.165, 1.54) is 0 Å². The number of rotatable bonds is 8. The summed E-state index contributed by atoms with van der Waals surface area (Å²) in [6.07, 6.45) is 5.53. The molecule has 0 aliphatic rings. The van der Waals surface area contributed by atoms with E-state index in [1.54, 1.807) is 0 Å². The van der Waals surface area contributed by atoms with Crippen molar-refractivity contribution in [2.24, 2.45) is 0 Å². The van der Waals surface area contributed by atoms with Gasteiger partial charge in [0.1, 0.15) is 12.3 Å². The molecule has 86 valence electrons. The van der Waals surface area contributed by atoms with Gasteiger partial charge in [0.25, 0.3) is 0 Å². The highest BCUT2D eigenvalue weighted by Crippen LogP contribution is 2.10. The average Bonchev–Trinajstić information content (AvgIpc) is 2.03. The maximum absolute atomic E-state index is 9.25. The van der Waals surface area contributed by atoms with Gasteiger partial charge >= 0.3 is 0 Å². The molecule has 3 nitrogen and oxygen atoms in total. The standard InChI is InChI=1S/C12H19NO.H2O/c1-5-8-13(9-6-2,10-7-3)11-12(4)14;/h5-7H,1-4,8-11H2;1H2. The Morgan fingerprint density at radius 3 is 1.53 bits per heavy atom. The number of aliphatic hydroxyl groups is 1. The highest BCUT2D eigenvalue weighted by atomic mass is 16.3. The molecule has 0 aromatic carbocycles. The zero-order valence-electron chi connectivity index (χ0n) is 9.23. The van der Waals surface area contributed by atoms with Gasteiger partial charge < -0.3 is 15.1 Å². The van der Waals surface area contributed by atoms with Crippen LogP contribution in [0.4, 0.5) is 0 Å². The monoisotopic (exact) mass is 211 g/mol. The first-order valence-corrected chi connectivity index (χ1v) is 4.65. The molecule has 0 aliphatic heterocycles. The van der Waals surface area contributed by atoms with E-state index < -0.39 is 0 Å². The Balaban J connectivity index is 0. The van der Waals surface area contributed by atoms with Crippen LogP contribution in [0.1, 0.15) is 0 Å². The Morgan fingerprint density at radius 2 is 1.33 bits per heavy atom. The van der Waals surface area contributed by atoms with E-state index in [-0.39, 0.29) is 11.2 Å². The molecule has 0 bridgehead atoms. The topological polar surface area (TPSA) is 50.2 Å². The molecule has 15 heavy (non-hydrogen) atoms. The molecule has 0 aromatic heterocycles. The van der Waals surface area contributed by atoms with Gasteiger partial charge in [-0.2, -0.15) is 0 Å². The third-order valence-electron chi connectivity index (χ3n) is 2.07. The summed E-state index contributed by atoms with van der Waals surface area (Å²) in [6, 6.07) is 0. The summed E-state index contributed by atoms with van der Waals surface area (Å²) in [4.78, 5) is 0. The maximum Gasteiger partial charge on any atom is 0.140 e. The smallest absolute Gasteiger partial charge is 0.140 e. The largest absolute Gasteiger partial charge is 0.870 e. The Hall–Kier alpha value is -1.32. The minimum absolute atomic E-state index is 0. The first kappa shape index (κ1) is 16.1. The second kappa shape index (κ2) is 8.03. The third-order valence-corrected chi connectivity index (χ3v) is 2.07. The van der Waals surface area contributed by atoms with Crippen molar-refractivity contribution < 1.29 is 15.1 Å². The zero-order valence-corrected chi connectivity index (χ0v) is 9.23. The molecule has 0 heterocycles. The molecular formula is C12H21NO2. The van der Waals surface area contributed by atoms with Crippen LogP contribution in [0.15, 0.2) is 50.3 Å². The number of nitrogens with zero attached hydrogens (tertiary/aromatic N) is 1. The van der Waals surface area contributed by atoms with Gasteiger partial charge in [-0.15, -0.1) is 0 Å². The Labute approximate surface area is 92.2 Å². The van der Waals surface area contributed by atoms with Crippen molar-refractivity contribution in [3.8, 4) is 0 Å². The van der Waals surface area contributed by atoms with Crippen LogP contribution >= 0.6 is 0 Å². The number of hydrogen-bond acceptors (Lipinski definition) is 2. The molecule has 0 rings (SSSR count). The van der Waals surface area contributed by atoms with E-state index >= 15 is 0 Å². The molecule has 3 heteroatoms. The molecular weight excluding hydrogens is 190 g/mol. The molecule has 0 saturated carbocycles. The lowest BCUT2D eigenvalue weighted by atomic mass is 10.2. The molecule has 0 aliphatic carbocycles. The van der Waals surface area contributed by atoms with Gasteiger partial charge in [0.2, 0.25) is 0 Å². The fourth-order valence-electron chi connectivity index (χ4n) is 1.63. The molecule has 0 unspecified atom stereocenters. The number of hydrogen-bond donors (Lipinski definition) is 1. The van der Waals surface area contributed by atoms with Gasteiger partial charge in [0.15, 0.2) is 0 Å². The lowest BCUT2D eigenvalue weighted by molar-refractivity contribution is -0.908. The fourth-order valence-corrected chi connectivity index (χ4v) is 1.63. The van der Waals surface area contributed by atoms with E-state index in [9.17, 15) is 5.11 Å². The summed E-state index contributed by atoms with van der Waals surface area (Å²) >= 11 is 0. The first-order valence-electron chi connectivity index (χ1n) is 4.65. The predicted octanol–water partition coefficient (Wildman–Crippen LogP) is 2.26. The van der Waals surface area contributed by atoms with Crippen LogP contribution in [0.2, 0.25) is 0 Å². The molecule has 0 saturated heterocycles. The van der Waals surface area contributed by atoms with Crippen LogP contribution in [-0.2, 0) is 0 Å². The van der Waals surface area contributed by atoms with E-state index in [0.717, 1.165) is 19.6 Å². The molecule has 0 fully saturated rings. The molecule has 2 N–H and O–H groups in total. The second-order valence-corrected chi connectivity index (χ2v) is 3.48. The normalized spacial score (nSPS) is 9.87. The van der Waals surface area contributed by atoms with Gasteiger partial charge in [-0.05, 0) is 18.2 Å². The summed E-state index contributed by atoms with van der Waals surface area (Å²) in [5.41, 5.74) is 0. The third kappa shape index (κ3) is 5.88. The summed E-state index contributed by atoms with van der Waals surface area (Å²) in [7, 11) is 0. The fraction of sp³-hybridized carbons (Fsp3) is 0.333. The highest BCUT2D eigenvalue weighted by Gasteiger charge is 2.23. The molecule has 0 atom stereocenters. The lowest BCUT2D eigenvalue weighted by Gasteiger charge is -2.35. The van der Waals surface area contributed by atoms with Crippen LogP contribution in [0.25, 0.3) is 0 Å². The van der Waals surface area contributed by atoms with Crippen molar-refractivity contribution in [3.05, 3.63) is 50.3 Å². The second-order valence-electron chi connectivity index (χ2n) is 3.48. The van der Waals surface area contributed by atoms with Crippen molar-refractivity contribution in [3.63, 3.8) is 0 Å². The Morgan fingerprint density at radius 1 is 1.00 bits per heavy atom. The summed E-state index contributed by atoms with van der Waals surface area (Å²) < 4.78 is 0.659. The van der Waals surface area contributed by atoms with Crippen LogP contribution < -0.4 is 0 Å². The quantitative estimate of drug-likeness (QED) is 0.380. The van der Waals surface area contributed by atoms with Crippen LogP contribution in [-0.4, -0.2) is 41.2 Å². The zero-order chi connectivity index (χ0) is 11.0. The Kier molecular flexibility index (Phi) is 8.63. The summed E-state index contributed by atoms with van der Waals surface area (Å²) in [6.45, 7) is 17.5. The van der Waals surface area contributed by atoms with Crippen molar-refractivity contribution in [1.82, 2.24) is 0 Å². The van der Waals surface area contributed by atoms with Crippen LogP contribution in [0.5, 0.6) is 0 Å². The van der Waals surface area contributed by atoms with Crippen LogP contribution in [0, 0.1) is 0 Å². The summed E-state index contributed by atoms with van der Waals surface area (Å²) in [5.74, 6) is 0.190. The molecule has 0 aromatic rings. The minimum atomic E-state index is 0. The molecule has 0 spiro atoms. The van der Waals surface area contributed by atoms with Crippen molar-refractivity contribution in [1.29, 1.82) is 0 Å². The van der Waals surface area contributed by atoms with Gasteiger partial charge in [-0.1, -0.05) is 26.3 Å². The molecule has 0 amide bonds. The summed E-state index contributed by atoms with van der Waals surface area (Å²) in [5, 5.41) is 9.25. The number of aliphatic hydroxyl groups excluding tert-OH is 1. The lowest BCUT2D eigenvalue weighted by Crippen LogP contribution is -2.49. The van der Waals surface area contributed by atoms with Gasteiger partial charge in [0, 0.05) is 0 Å². The van der Waals surface area contributed by atoms with Crippen molar-refractivity contribution in [2.75, 3.05) is 26.2 Å². The van der Waals surface area contributed by atoms with Crippen LogP contribution in [0.3, 0.4) is 0 Å². The predicted molar refractivity (Wildman–Crippen MR) is 64.0 cm³/mol. The highest BCUT2D eigenvalue weighted by molar-refractivity contribution is 4.84. The van der Waals surface area contributed by atoms with E-state index in [2.05, 4.69) is 26.3 Å². The number of quaternary nitrogens is 1. The minimum Gasteiger partial charge on any atom is -0.870 e. The van der Waals surface area contributed by atoms with E-state index in [1.807, 2.05) is 18.2 Å². The van der Waals surface area contributed by atoms with Gasteiger partial charge in [-0.3, -0.25) is 0 Å². The Bertz CT molecular complexity index is 207. The van der Waals surface area contributed by atoms with Gasteiger partial charge in [-0.25, -0.2) is 0 Å². The molecule has 0 radical (unpaired) electrons. The van der Waals surface area contributed by atoms with Gasteiger partial charge in [0.05, 0.1) is 19.6 Å².